The van der Waals surface area contributed by atoms with Gasteiger partial charge in [-0.2, -0.15) is 5.10 Å². The van der Waals surface area contributed by atoms with Crippen LogP contribution in [0.15, 0.2) is 6.33 Å². The minimum Gasteiger partial charge on any atom is -0.307 e. The average Bonchev–Trinajstić information content (AvgIpc) is 2.84. The van der Waals surface area contributed by atoms with E-state index < -0.39 is 0 Å². The maximum absolute atomic E-state index is 4.36. The van der Waals surface area contributed by atoms with Gasteiger partial charge in [0.2, 0.25) is 0 Å². The highest BCUT2D eigenvalue weighted by Crippen LogP contribution is 2.26. The summed E-state index contributed by atoms with van der Waals surface area (Å²) in [6, 6.07) is 0.676. The molecule has 2 rings (SSSR count). The summed E-state index contributed by atoms with van der Waals surface area (Å²) in [5, 5.41) is 7.97. The normalized spacial score (nSPS) is 24.3. The molecule has 4 heteroatoms. The molecule has 1 fully saturated rings. The Morgan fingerprint density at radius 3 is 2.94 bits per heavy atom. The third-order valence-corrected chi connectivity index (χ3v) is 4.09. The lowest BCUT2D eigenvalue weighted by Crippen LogP contribution is -2.38. The Bertz CT molecular complexity index is 347. The highest BCUT2D eigenvalue weighted by atomic mass is 15.3. The van der Waals surface area contributed by atoms with Crippen LogP contribution in [-0.4, -0.2) is 20.8 Å². The topological polar surface area (TPSA) is 42.7 Å². The smallest absolute Gasteiger partial charge is 0.140 e. The summed E-state index contributed by atoms with van der Waals surface area (Å²) in [5.74, 6) is 1.93. The quantitative estimate of drug-likeness (QED) is 0.844. The first-order chi connectivity index (χ1) is 8.85. The summed E-state index contributed by atoms with van der Waals surface area (Å²) in [6.45, 7) is 6.32. The molecule has 1 N–H and O–H groups in total. The molecule has 1 saturated carbocycles. The van der Waals surface area contributed by atoms with Gasteiger partial charge in [-0.25, -0.2) is 9.67 Å². The second kappa shape index (κ2) is 6.88. The highest BCUT2D eigenvalue weighted by molar-refractivity contribution is 4.87. The molecule has 0 radical (unpaired) electrons. The first-order valence-electron chi connectivity index (χ1n) is 7.45. The van der Waals surface area contributed by atoms with Gasteiger partial charge in [0.1, 0.15) is 12.2 Å². The van der Waals surface area contributed by atoms with E-state index in [9.17, 15) is 0 Å². The molecule has 0 amide bonds. The van der Waals surface area contributed by atoms with Crippen molar-refractivity contribution in [1.82, 2.24) is 20.1 Å². The molecular formula is C14H26N4. The second-order valence-electron chi connectivity index (χ2n) is 5.34. The van der Waals surface area contributed by atoms with Crippen LogP contribution in [0.5, 0.6) is 0 Å². The molecule has 0 bridgehead atoms. The van der Waals surface area contributed by atoms with E-state index in [1.54, 1.807) is 6.33 Å². The Balaban J connectivity index is 1.87. The van der Waals surface area contributed by atoms with Gasteiger partial charge in [0.15, 0.2) is 0 Å². The van der Waals surface area contributed by atoms with Crippen LogP contribution < -0.4 is 5.32 Å². The average molecular weight is 250 g/mol. The SMILES string of the molecule is CCCn1ncnc1CNC1CCCCC1CC. The van der Waals surface area contributed by atoms with Crippen molar-refractivity contribution in [2.24, 2.45) is 5.92 Å². The third-order valence-electron chi connectivity index (χ3n) is 4.09. The van der Waals surface area contributed by atoms with Crippen LogP contribution in [0.2, 0.25) is 0 Å². The van der Waals surface area contributed by atoms with Crippen LogP contribution in [0.1, 0.15) is 58.2 Å². The molecule has 1 heterocycles. The van der Waals surface area contributed by atoms with Gasteiger partial charge in [-0.15, -0.1) is 0 Å². The van der Waals surface area contributed by atoms with E-state index in [1.165, 1.54) is 32.1 Å². The highest BCUT2D eigenvalue weighted by Gasteiger charge is 2.23. The van der Waals surface area contributed by atoms with Crippen molar-refractivity contribution in [2.45, 2.75) is 71.5 Å². The lowest BCUT2D eigenvalue weighted by Gasteiger charge is -2.31. The van der Waals surface area contributed by atoms with Gasteiger partial charge >= 0.3 is 0 Å². The van der Waals surface area contributed by atoms with Crippen LogP contribution in [-0.2, 0) is 13.1 Å². The zero-order chi connectivity index (χ0) is 12.8. The molecule has 0 aromatic carbocycles. The van der Waals surface area contributed by atoms with E-state index in [-0.39, 0.29) is 0 Å². The molecule has 18 heavy (non-hydrogen) atoms. The summed E-state index contributed by atoms with van der Waals surface area (Å²) >= 11 is 0. The van der Waals surface area contributed by atoms with Crippen LogP contribution in [0, 0.1) is 5.92 Å². The number of nitrogens with one attached hydrogen (secondary N) is 1. The Morgan fingerprint density at radius 1 is 1.33 bits per heavy atom. The fourth-order valence-electron chi connectivity index (χ4n) is 3.01. The van der Waals surface area contributed by atoms with E-state index in [4.69, 9.17) is 0 Å². The summed E-state index contributed by atoms with van der Waals surface area (Å²) < 4.78 is 2.02. The van der Waals surface area contributed by atoms with Crippen molar-refractivity contribution in [3.8, 4) is 0 Å². The standard InChI is InChI=1S/C14H26N4/c1-3-9-18-14(16-11-17-18)10-15-13-8-6-5-7-12(13)4-2/h11-13,15H,3-10H2,1-2H3. The monoisotopic (exact) mass is 250 g/mol. The van der Waals surface area contributed by atoms with E-state index in [1.807, 2.05) is 4.68 Å². The van der Waals surface area contributed by atoms with Crippen LogP contribution in [0.25, 0.3) is 0 Å². The number of hydrogen-bond donors (Lipinski definition) is 1. The molecule has 4 nitrogen and oxygen atoms in total. The molecule has 102 valence electrons. The Kier molecular flexibility index (Phi) is 5.17. The molecule has 2 atom stereocenters. The van der Waals surface area contributed by atoms with Crippen molar-refractivity contribution >= 4 is 0 Å². The third kappa shape index (κ3) is 3.31. The molecule has 0 spiro atoms. The number of hydrogen-bond acceptors (Lipinski definition) is 3. The molecule has 0 aliphatic heterocycles. The number of rotatable bonds is 6. The zero-order valence-electron chi connectivity index (χ0n) is 11.7. The van der Waals surface area contributed by atoms with Crippen molar-refractivity contribution < 1.29 is 0 Å². The summed E-state index contributed by atoms with van der Waals surface area (Å²) in [5.41, 5.74) is 0. The maximum Gasteiger partial charge on any atom is 0.140 e. The van der Waals surface area contributed by atoms with Gasteiger partial charge in [0, 0.05) is 12.6 Å². The van der Waals surface area contributed by atoms with Crippen molar-refractivity contribution in [1.29, 1.82) is 0 Å². The number of aromatic nitrogens is 3. The first-order valence-corrected chi connectivity index (χ1v) is 7.45. The Labute approximate surface area is 110 Å². The van der Waals surface area contributed by atoms with E-state index in [2.05, 4.69) is 29.2 Å². The summed E-state index contributed by atoms with van der Waals surface area (Å²) in [6.07, 6.45) is 9.55. The van der Waals surface area contributed by atoms with Gasteiger partial charge in [0.25, 0.3) is 0 Å². The van der Waals surface area contributed by atoms with E-state index in [0.717, 1.165) is 31.3 Å². The lowest BCUT2D eigenvalue weighted by atomic mass is 9.83. The molecule has 1 aliphatic carbocycles. The van der Waals surface area contributed by atoms with Crippen molar-refractivity contribution in [3.05, 3.63) is 12.2 Å². The number of aryl methyl sites for hydroxylation is 1. The van der Waals surface area contributed by atoms with E-state index in [0.29, 0.717) is 6.04 Å². The molecule has 0 saturated heterocycles. The zero-order valence-corrected chi connectivity index (χ0v) is 11.7. The Morgan fingerprint density at radius 2 is 2.17 bits per heavy atom. The van der Waals surface area contributed by atoms with Crippen molar-refractivity contribution in [2.75, 3.05) is 0 Å². The van der Waals surface area contributed by atoms with Gasteiger partial charge in [0.05, 0.1) is 6.54 Å². The fourth-order valence-corrected chi connectivity index (χ4v) is 3.01. The Hall–Kier alpha value is -0.900. The predicted molar refractivity (Wildman–Crippen MR) is 73.2 cm³/mol. The minimum atomic E-state index is 0.676. The van der Waals surface area contributed by atoms with Gasteiger partial charge in [-0.3, -0.25) is 0 Å². The van der Waals surface area contributed by atoms with Crippen molar-refractivity contribution in [3.63, 3.8) is 0 Å². The lowest BCUT2D eigenvalue weighted by molar-refractivity contribution is 0.252. The first kappa shape index (κ1) is 13.5. The summed E-state index contributed by atoms with van der Waals surface area (Å²) in [4.78, 5) is 4.36. The van der Waals surface area contributed by atoms with Gasteiger partial charge in [-0.05, 0) is 25.2 Å². The molecule has 1 aromatic rings. The fraction of sp³-hybridized carbons (Fsp3) is 0.857. The van der Waals surface area contributed by atoms with Crippen LogP contribution in [0.3, 0.4) is 0 Å². The minimum absolute atomic E-state index is 0.676. The molecular weight excluding hydrogens is 224 g/mol. The van der Waals surface area contributed by atoms with Gasteiger partial charge < -0.3 is 5.32 Å². The van der Waals surface area contributed by atoms with E-state index >= 15 is 0 Å². The van der Waals surface area contributed by atoms with Gasteiger partial charge in [-0.1, -0.05) is 33.1 Å². The predicted octanol–water partition coefficient (Wildman–Crippen LogP) is 2.75. The van der Waals surface area contributed by atoms with Crippen LogP contribution in [0.4, 0.5) is 0 Å². The van der Waals surface area contributed by atoms with Crippen LogP contribution >= 0.6 is 0 Å². The molecule has 1 aromatic heterocycles. The second-order valence-corrected chi connectivity index (χ2v) is 5.34. The summed E-state index contributed by atoms with van der Waals surface area (Å²) in [7, 11) is 0. The molecule has 1 aliphatic rings. The largest absolute Gasteiger partial charge is 0.307 e. The maximum atomic E-state index is 4.36. The number of nitrogens with zero attached hydrogens (tertiary/aromatic N) is 3. The molecule has 2 unspecified atom stereocenters.